The summed E-state index contributed by atoms with van der Waals surface area (Å²) in [6.45, 7) is 2.62. The summed E-state index contributed by atoms with van der Waals surface area (Å²) in [7, 11) is 0. The van der Waals surface area contributed by atoms with Gasteiger partial charge >= 0.3 is 0 Å². The minimum atomic E-state index is -2.12. The van der Waals surface area contributed by atoms with Gasteiger partial charge in [0.15, 0.2) is 5.65 Å². The lowest BCUT2D eigenvalue weighted by Gasteiger charge is -2.26. The van der Waals surface area contributed by atoms with E-state index in [1.54, 1.807) is 17.1 Å². The zero-order chi connectivity index (χ0) is 30.0. The van der Waals surface area contributed by atoms with Gasteiger partial charge in [0.05, 0.1) is 29.4 Å². The lowest BCUT2D eigenvalue weighted by molar-refractivity contribution is -0.150. The van der Waals surface area contributed by atoms with Crippen LogP contribution in [0.4, 0.5) is 25.8 Å². The maximum Gasteiger partial charge on any atom is 0.298 e. The lowest BCUT2D eigenvalue weighted by Crippen LogP contribution is -2.53. The third kappa shape index (κ3) is 5.64. The van der Waals surface area contributed by atoms with Gasteiger partial charge in [-0.15, -0.1) is 0 Å². The van der Waals surface area contributed by atoms with Crippen LogP contribution in [-0.4, -0.2) is 43.9 Å². The zero-order valence-electron chi connectivity index (χ0n) is 23.6. The van der Waals surface area contributed by atoms with Crippen molar-refractivity contribution in [2.45, 2.75) is 63.6 Å². The van der Waals surface area contributed by atoms with Gasteiger partial charge in [0.2, 0.25) is 0 Å². The number of anilines is 3. The molecule has 3 heterocycles. The molecular formula is C31H31F2N7O3. The summed E-state index contributed by atoms with van der Waals surface area (Å²) in [4.78, 5) is 37.9. The van der Waals surface area contributed by atoms with E-state index in [9.17, 15) is 18.4 Å². The predicted molar refractivity (Wildman–Crippen MR) is 159 cm³/mol. The van der Waals surface area contributed by atoms with Crippen LogP contribution in [0.3, 0.4) is 0 Å². The molecule has 2 aliphatic rings. The van der Waals surface area contributed by atoms with Gasteiger partial charge in [0.25, 0.3) is 17.4 Å². The number of hydrogen-bond acceptors (Lipinski definition) is 7. The van der Waals surface area contributed by atoms with Crippen LogP contribution >= 0.6 is 0 Å². The van der Waals surface area contributed by atoms with Gasteiger partial charge in [0, 0.05) is 35.7 Å². The summed E-state index contributed by atoms with van der Waals surface area (Å²) in [5.41, 5.74) is 0.841. The van der Waals surface area contributed by atoms with Crippen molar-refractivity contribution in [2.75, 3.05) is 16.0 Å². The van der Waals surface area contributed by atoms with Crippen LogP contribution in [0.2, 0.25) is 0 Å². The van der Waals surface area contributed by atoms with Gasteiger partial charge < -0.3 is 20.8 Å². The number of pyridine rings is 1. The minimum absolute atomic E-state index is 0.221. The number of nitrogens with zero attached hydrogens (tertiary/aromatic N) is 4. The number of aromatic nitrogens is 3. The summed E-state index contributed by atoms with van der Waals surface area (Å²) in [6, 6.07) is 10.5. The van der Waals surface area contributed by atoms with Crippen LogP contribution in [-0.2, 0) is 21.0 Å². The summed E-state index contributed by atoms with van der Waals surface area (Å²) in [5, 5.41) is 18.5. The Kier molecular flexibility index (Phi) is 7.75. The van der Waals surface area contributed by atoms with Crippen molar-refractivity contribution in [1.82, 2.24) is 14.8 Å². The molecule has 0 spiro atoms. The van der Waals surface area contributed by atoms with E-state index < -0.39 is 29.0 Å². The summed E-state index contributed by atoms with van der Waals surface area (Å²) in [5.74, 6) is -2.55. The average molecular weight is 588 g/mol. The average Bonchev–Trinajstić information content (AvgIpc) is 3.66. The number of nitrogens with one attached hydrogen (secondary N) is 3. The zero-order valence-corrected chi connectivity index (χ0v) is 23.6. The number of hydrogen-bond donors (Lipinski definition) is 3. The van der Waals surface area contributed by atoms with Crippen LogP contribution in [0.15, 0.2) is 66.1 Å². The van der Waals surface area contributed by atoms with E-state index in [2.05, 4.69) is 31.2 Å². The molecule has 2 amide bonds. The van der Waals surface area contributed by atoms with E-state index in [1.165, 1.54) is 55.0 Å². The molecule has 3 N–H and O–H groups in total. The van der Waals surface area contributed by atoms with Crippen LogP contribution < -0.4 is 16.0 Å². The fraction of sp³-hybridized carbons (Fsp3) is 0.323. The van der Waals surface area contributed by atoms with Crippen molar-refractivity contribution in [3.05, 3.63) is 78.1 Å². The first-order valence-electron chi connectivity index (χ1n) is 14.4. The van der Waals surface area contributed by atoms with Crippen molar-refractivity contribution in [2.24, 2.45) is 5.16 Å². The fourth-order valence-electron chi connectivity index (χ4n) is 5.54. The second-order valence-electron chi connectivity index (χ2n) is 10.8. The normalized spacial score (nSPS) is 16.4. The molecule has 2 aromatic carbocycles. The second-order valence-corrected chi connectivity index (χ2v) is 10.8. The Hall–Kier alpha value is -4.87. The molecule has 0 radical (unpaired) electrons. The largest absolute Gasteiger partial charge is 0.381 e. The Bertz CT molecular complexity index is 1620. The van der Waals surface area contributed by atoms with Gasteiger partial charge in [-0.3, -0.25) is 9.59 Å². The van der Waals surface area contributed by atoms with Gasteiger partial charge in [0.1, 0.15) is 11.6 Å². The highest BCUT2D eigenvalue weighted by atomic mass is 19.1. The highest BCUT2D eigenvalue weighted by Gasteiger charge is 2.54. The van der Waals surface area contributed by atoms with Crippen molar-refractivity contribution < 1.29 is 23.2 Å². The highest BCUT2D eigenvalue weighted by molar-refractivity contribution is 6.23. The minimum Gasteiger partial charge on any atom is -0.381 e. The number of carbonyl (C=O) groups is 2. The number of amides is 2. The number of rotatable bonds is 8. The number of oxime groups is 1. The third-order valence-corrected chi connectivity index (χ3v) is 7.90. The van der Waals surface area contributed by atoms with Crippen molar-refractivity contribution in [3.8, 4) is 0 Å². The van der Waals surface area contributed by atoms with E-state index >= 15 is 0 Å². The van der Waals surface area contributed by atoms with E-state index in [1.807, 2.05) is 6.92 Å². The number of fused-ring (bicyclic) bond motifs is 1. The molecule has 10 nitrogen and oxygen atoms in total. The summed E-state index contributed by atoms with van der Waals surface area (Å²) < 4.78 is 28.8. The molecular weight excluding hydrogens is 556 g/mol. The van der Waals surface area contributed by atoms with E-state index in [-0.39, 0.29) is 23.8 Å². The van der Waals surface area contributed by atoms with Crippen LogP contribution in [0, 0.1) is 11.6 Å². The number of benzene rings is 2. The Balaban J connectivity index is 1.36. The Morgan fingerprint density at radius 2 is 1.53 bits per heavy atom. The van der Waals surface area contributed by atoms with Gasteiger partial charge in [-0.2, -0.15) is 5.10 Å². The third-order valence-electron chi connectivity index (χ3n) is 7.90. The molecule has 0 unspecified atom stereocenters. The van der Waals surface area contributed by atoms with E-state index in [0.29, 0.717) is 23.5 Å². The van der Waals surface area contributed by atoms with Crippen molar-refractivity contribution in [1.29, 1.82) is 0 Å². The highest BCUT2D eigenvalue weighted by Crippen LogP contribution is 2.36. The van der Waals surface area contributed by atoms with E-state index in [4.69, 9.17) is 4.84 Å². The molecule has 6 rings (SSSR count). The molecule has 4 aromatic rings. The summed E-state index contributed by atoms with van der Waals surface area (Å²) >= 11 is 0. The monoisotopic (exact) mass is 587 g/mol. The smallest absolute Gasteiger partial charge is 0.298 e. The number of halogens is 2. The van der Waals surface area contributed by atoms with Crippen LogP contribution in [0.1, 0.15) is 51.0 Å². The SMILES string of the molecule is CCn1ncc2c(NC3CCCCC3)c(C3=NOC(C(=O)Nc4ccc(F)cc4)(C(=O)Nc4ccc(F)cc4)C3)cnc21. The molecule has 12 heteroatoms. The molecule has 0 bridgehead atoms. The predicted octanol–water partition coefficient (Wildman–Crippen LogP) is 5.61. The Morgan fingerprint density at radius 3 is 2.12 bits per heavy atom. The van der Waals surface area contributed by atoms with Gasteiger partial charge in [-0.25, -0.2) is 18.4 Å². The fourth-order valence-corrected chi connectivity index (χ4v) is 5.54. The van der Waals surface area contributed by atoms with Crippen molar-refractivity contribution >= 4 is 45.6 Å². The lowest BCUT2D eigenvalue weighted by atomic mass is 9.90. The molecule has 1 aliphatic heterocycles. The first-order valence-corrected chi connectivity index (χ1v) is 14.4. The molecule has 0 saturated heterocycles. The first-order chi connectivity index (χ1) is 20.9. The number of aryl methyl sites for hydroxylation is 1. The van der Waals surface area contributed by atoms with Crippen LogP contribution in [0.25, 0.3) is 11.0 Å². The van der Waals surface area contributed by atoms with E-state index in [0.717, 1.165) is 36.8 Å². The van der Waals surface area contributed by atoms with Crippen molar-refractivity contribution in [3.63, 3.8) is 0 Å². The molecule has 0 atom stereocenters. The molecule has 1 fully saturated rings. The quantitative estimate of drug-likeness (QED) is 0.230. The molecule has 43 heavy (non-hydrogen) atoms. The molecule has 2 aromatic heterocycles. The topological polar surface area (TPSA) is 123 Å². The maximum absolute atomic E-state index is 13.8. The Labute approximate surface area is 246 Å². The molecule has 222 valence electrons. The Morgan fingerprint density at radius 1 is 0.930 bits per heavy atom. The maximum atomic E-state index is 13.8. The summed E-state index contributed by atoms with van der Waals surface area (Å²) in [6.07, 6.45) is 8.66. The molecule has 1 aliphatic carbocycles. The standard InChI is InChI=1S/C31H31F2N7O3/c1-2-40-28-25(18-35-40)27(36-21-6-4-3-5-7-21)24(17-34-28)26-16-31(43-39-26,29(41)37-22-12-8-19(32)9-13-22)30(42)38-23-14-10-20(33)11-15-23/h8-15,17-18,21H,2-7,16H2,1H3,(H,34,36)(H,37,41)(H,38,42). The second kappa shape index (κ2) is 11.8. The van der Waals surface area contributed by atoms with Gasteiger partial charge in [-0.05, 0) is 68.3 Å². The first kappa shape index (κ1) is 28.3. The van der Waals surface area contributed by atoms with Crippen LogP contribution in [0.5, 0.6) is 0 Å². The molecule has 1 saturated carbocycles. The van der Waals surface area contributed by atoms with Gasteiger partial charge in [-0.1, -0.05) is 24.4 Å². The number of carbonyl (C=O) groups excluding carboxylic acids is 2.